The zero-order chi connectivity index (χ0) is 18.4. The van der Waals surface area contributed by atoms with Crippen LogP contribution in [0.25, 0.3) is 11.1 Å². The summed E-state index contributed by atoms with van der Waals surface area (Å²) in [7, 11) is 0. The summed E-state index contributed by atoms with van der Waals surface area (Å²) in [6.07, 6.45) is 3.23. The maximum atomic E-state index is 12.4. The number of benzene rings is 2. The Morgan fingerprint density at radius 3 is 2.35 bits per heavy atom. The van der Waals surface area contributed by atoms with Crippen LogP contribution in [-0.4, -0.2) is 29.1 Å². The Labute approximate surface area is 153 Å². The molecule has 0 heterocycles. The minimum atomic E-state index is -0.887. The first-order valence-corrected chi connectivity index (χ1v) is 8.88. The third-order valence-electron chi connectivity index (χ3n) is 4.79. The monoisotopic (exact) mass is 353 g/mol. The van der Waals surface area contributed by atoms with Crippen molar-refractivity contribution in [3.8, 4) is 16.9 Å². The van der Waals surface area contributed by atoms with Crippen molar-refractivity contribution in [1.82, 2.24) is 5.32 Å². The standard InChI is InChI=1S/C21H23NO4/c23-19(22-21(14-20(24)25)12-6-7-13-21)15-26-18-11-5-4-10-17(18)16-8-2-1-3-9-16/h1-5,8-11H,6-7,12-15H2,(H,22,23)(H,24,25). The summed E-state index contributed by atoms with van der Waals surface area (Å²) in [5.41, 5.74) is 1.30. The fraction of sp³-hybridized carbons (Fsp3) is 0.333. The molecule has 0 spiro atoms. The van der Waals surface area contributed by atoms with Crippen LogP contribution in [0.2, 0.25) is 0 Å². The van der Waals surface area contributed by atoms with Crippen molar-refractivity contribution in [2.45, 2.75) is 37.6 Å². The van der Waals surface area contributed by atoms with Crippen molar-refractivity contribution in [1.29, 1.82) is 0 Å². The molecule has 5 nitrogen and oxygen atoms in total. The van der Waals surface area contributed by atoms with Crippen molar-refractivity contribution in [3.05, 3.63) is 54.6 Å². The molecule has 0 aromatic heterocycles. The lowest BCUT2D eigenvalue weighted by molar-refractivity contribution is -0.139. The average molecular weight is 353 g/mol. The molecule has 1 fully saturated rings. The van der Waals surface area contributed by atoms with Gasteiger partial charge in [0.2, 0.25) is 0 Å². The van der Waals surface area contributed by atoms with Gasteiger partial charge in [-0.3, -0.25) is 9.59 Å². The Hall–Kier alpha value is -2.82. The van der Waals surface area contributed by atoms with Gasteiger partial charge in [0, 0.05) is 5.56 Å². The van der Waals surface area contributed by atoms with E-state index in [2.05, 4.69) is 5.32 Å². The van der Waals surface area contributed by atoms with E-state index < -0.39 is 11.5 Å². The van der Waals surface area contributed by atoms with Crippen LogP contribution in [0.5, 0.6) is 5.75 Å². The van der Waals surface area contributed by atoms with Gasteiger partial charge in [-0.1, -0.05) is 61.4 Å². The minimum Gasteiger partial charge on any atom is -0.483 e. The zero-order valence-corrected chi connectivity index (χ0v) is 14.6. The summed E-state index contributed by atoms with van der Waals surface area (Å²) in [4.78, 5) is 23.5. The van der Waals surface area contributed by atoms with Gasteiger partial charge in [0.1, 0.15) is 5.75 Å². The van der Waals surface area contributed by atoms with Crippen LogP contribution in [0.4, 0.5) is 0 Å². The summed E-state index contributed by atoms with van der Waals surface area (Å²) in [6.45, 7) is -0.134. The number of nitrogens with one attached hydrogen (secondary N) is 1. The highest BCUT2D eigenvalue weighted by Crippen LogP contribution is 2.33. The van der Waals surface area contributed by atoms with Gasteiger partial charge < -0.3 is 15.2 Å². The Morgan fingerprint density at radius 2 is 1.65 bits per heavy atom. The van der Waals surface area contributed by atoms with E-state index in [1.165, 1.54) is 0 Å². The minimum absolute atomic E-state index is 0.0423. The summed E-state index contributed by atoms with van der Waals surface area (Å²) in [6, 6.07) is 17.4. The van der Waals surface area contributed by atoms with Crippen LogP contribution < -0.4 is 10.1 Å². The molecule has 0 aliphatic heterocycles. The van der Waals surface area contributed by atoms with Gasteiger partial charge in [-0.2, -0.15) is 0 Å². The second-order valence-corrected chi connectivity index (χ2v) is 6.76. The molecule has 1 aliphatic carbocycles. The van der Waals surface area contributed by atoms with Gasteiger partial charge in [0.15, 0.2) is 6.61 Å². The predicted molar refractivity (Wildman–Crippen MR) is 99.0 cm³/mol. The molecule has 0 saturated heterocycles. The van der Waals surface area contributed by atoms with E-state index >= 15 is 0 Å². The maximum absolute atomic E-state index is 12.4. The molecule has 1 aliphatic rings. The van der Waals surface area contributed by atoms with Crippen molar-refractivity contribution in [3.63, 3.8) is 0 Å². The number of carboxylic acids is 1. The molecule has 136 valence electrons. The van der Waals surface area contributed by atoms with Crippen LogP contribution in [0, 0.1) is 0 Å². The van der Waals surface area contributed by atoms with E-state index in [9.17, 15) is 9.59 Å². The summed E-state index contributed by atoms with van der Waals surface area (Å²) in [5, 5.41) is 12.0. The van der Waals surface area contributed by atoms with E-state index in [4.69, 9.17) is 9.84 Å². The van der Waals surface area contributed by atoms with Crippen molar-refractivity contribution >= 4 is 11.9 Å². The van der Waals surface area contributed by atoms with Gasteiger partial charge in [-0.15, -0.1) is 0 Å². The molecule has 0 atom stereocenters. The second-order valence-electron chi connectivity index (χ2n) is 6.76. The lowest BCUT2D eigenvalue weighted by atomic mass is 9.93. The number of hydrogen-bond acceptors (Lipinski definition) is 3. The highest BCUT2D eigenvalue weighted by molar-refractivity contribution is 5.80. The molecule has 0 unspecified atom stereocenters. The van der Waals surface area contributed by atoms with Crippen molar-refractivity contribution < 1.29 is 19.4 Å². The molecule has 2 aromatic carbocycles. The molecule has 3 rings (SSSR count). The van der Waals surface area contributed by atoms with Crippen LogP contribution >= 0.6 is 0 Å². The van der Waals surface area contributed by atoms with Crippen LogP contribution in [-0.2, 0) is 9.59 Å². The van der Waals surface area contributed by atoms with E-state index in [0.29, 0.717) is 18.6 Å². The van der Waals surface area contributed by atoms with Gasteiger partial charge in [-0.25, -0.2) is 0 Å². The molecule has 2 aromatic rings. The van der Waals surface area contributed by atoms with Gasteiger partial charge in [-0.05, 0) is 24.5 Å². The van der Waals surface area contributed by atoms with Crippen LogP contribution in [0.1, 0.15) is 32.1 Å². The highest BCUT2D eigenvalue weighted by atomic mass is 16.5. The average Bonchev–Trinajstić information content (AvgIpc) is 3.08. The lowest BCUT2D eigenvalue weighted by Crippen LogP contribution is -2.49. The van der Waals surface area contributed by atoms with Gasteiger partial charge in [0.25, 0.3) is 5.91 Å². The molecule has 26 heavy (non-hydrogen) atoms. The largest absolute Gasteiger partial charge is 0.483 e. The SMILES string of the molecule is O=C(O)CC1(NC(=O)COc2ccccc2-c2ccccc2)CCCC1. The molecule has 1 saturated carbocycles. The van der Waals surface area contributed by atoms with E-state index in [0.717, 1.165) is 24.0 Å². The first-order chi connectivity index (χ1) is 12.6. The van der Waals surface area contributed by atoms with Crippen molar-refractivity contribution in [2.75, 3.05) is 6.61 Å². The van der Waals surface area contributed by atoms with E-state index in [-0.39, 0.29) is 18.9 Å². The first-order valence-electron chi connectivity index (χ1n) is 8.88. The number of carbonyl (C=O) groups is 2. The Balaban J connectivity index is 1.66. The fourth-order valence-corrected chi connectivity index (χ4v) is 3.61. The smallest absolute Gasteiger partial charge is 0.305 e. The Kier molecular flexibility index (Phi) is 5.56. The van der Waals surface area contributed by atoms with Crippen LogP contribution in [0.3, 0.4) is 0 Å². The molecule has 0 radical (unpaired) electrons. The normalized spacial score (nSPS) is 15.4. The maximum Gasteiger partial charge on any atom is 0.305 e. The quantitative estimate of drug-likeness (QED) is 0.797. The topological polar surface area (TPSA) is 75.6 Å². The number of para-hydroxylation sites is 1. The number of rotatable bonds is 7. The third-order valence-corrected chi connectivity index (χ3v) is 4.79. The number of aliphatic carboxylic acids is 1. The zero-order valence-electron chi connectivity index (χ0n) is 14.6. The second kappa shape index (κ2) is 8.04. The Morgan fingerprint density at radius 1 is 1.00 bits per heavy atom. The molecule has 2 N–H and O–H groups in total. The Bertz CT molecular complexity index is 767. The predicted octanol–water partition coefficient (Wildman–Crippen LogP) is 3.64. The van der Waals surface area contributed by atoms with E-state index in [1.54, 1.807) is 0 Å². The first kappa shape index (κ1) is 18.0. The fourth-order valence-electron chi connectivity index (χ4n) is 3.61. The number of carboxylic acid groups (broad SMARTS) is 1. The number of ether oxygens (including phenoxy) is 1. The molecular formula is C21H23NO4. The number of carbonyl (C=O) groups excluding carboxylic acids is 1. The van der Waals surface area contributed by atoms with Gasteiger partial charge >= 0.3 is 5.97 Å². The molecular weight excluding hydrogens is 330 g/mol. The lowest BCUT2D eigenvalue weighted by Gasteiger charge is -2.28. The number of hydrogen-bond donors (Lipinski definition) is 2. The summed E-state index contributed by atoms with van der Waals surface area (Å²) in [5.74, 6) is -0.536. The summed E-state index contributed by atoms with van der Waals surface area (Å²) >= 11 is 0. The molecule has 0 bridgehead atoms. The van der Waals surface area contributed by atoms with Crippen LogP contribution in [0.15, 0.2) is 54.6 Å². The molecule has 1 amide bonds. The van der Waals surface area contributed by atoms with E-state index in [1.807, 2.05) is 54.6 Å². The van der Waals surface area contributed by atoms with Crippen molar-refractivity contribution in [2.24, 2.45) is 0 Å². The number of amides is 1. The van der Waals surface area contributed by atoms with Gasteiger partial charge in [0.05, 0.1) is 12.0 Å². The molecule has 5 heteroatoms. The highest BCUT2D eigenvalue weighted by Gasteiger charge is 2.37. The summed E-state index contributed by atoms with van der Waals surface area (Å²) < 4.78 is 5.75. The third kappa shape index (κ3) is 4.42.